The number of hydrogen-bond acceptors (Lipinski definition) is 5. The lowest BCUT2D eigenvalue weighted by molar-refractivity contribution is -0.141. The van der Waals surface area contributed by atoms with Gasteiger partial charge in [0, 0.05) is 32.7 Å². The number of aliphatic carboxylic acids is 1. The summed E-state index contributed by atoms with van der Waals surface area (Å²) in [5, 5.41) is 8.93. The molecule has 0 saturated carbocycles. The molecule has 120 valence electrons. The standard InChI is InChI=1S/C12H21N3O5S/c1-21(19,20)15-6-4-14(5-7-15)11(16)9-13-3-2-10(8-13)12(17)18/h10H,2-9H2,1H3,(H,17,18). The Kier molecular flexibility index (Phi) is 4.84. The first-order valence-corrected chi connectivity index (χ1v) is 8.80. The van der Waals surface area contributed by atoms with Gasteiger partial charge in [0.05, 0.1) is 18.7 Å². The number of hydrogen-bond donors (Lipinski definition) is 1. The largest absolute Gasteiger partial charge is 0.481 e. The Hall–Kier alpha value is -1.19. The first kappa shape index (κ1) is 16.2. The van der Waals surface area contributed by atoms with E-state index >= 15 is 0 Å². The molecule has 0 spiro atoms. The minimum absolute atomic E-state index is 0.0609. The lowest BCUT2D eigenvalue weighted by Gasteiger charge is -2.34. The first-order valence-electron chi connectivity index (χ1n) is 6.95. The van der Waals surface area contributed by atoms with E-state index < -0.39 is 16.0 Å². The van der Waals surface area contributed by atoms with E-state index in [-0.39, 0.29) is 18.4 Å². The van der Waals surface area contributed by atoms with Gasteiger partial charge in [-0.2, -0.15) is 4.31 Å². The van der Waals surface area contributed by atoms with Crippen LogP contribution in [0.1, 0.15) is 6.42 Å². The summed E-state index contributed by atoms with van der Waals surface area (Å²) in [6.45, 7) is 2.66. The van der Waals surface area contributed by atoms with Crippen molar-refractivity contribution in [2.75, 3.05) is 52.1 Å². The van der Waals surface area contributed by atoms with Crippen LogP contribution in [0.5, 0.6) is 0 Å². The average molecular weight is 319 g/mol. The second kappa shape index (κ2) is 6.29. The van der Waals surface area contributed by atoms with Crippen LogP contribution in [0.15, 0.2) is 0 Å². The van der Waals surface area contributed by atoms with Crippen LogP contribution >= 0.6 is 0 Å². The predicted octanol–water partition coefficient (Wildman–Crippen LogP) is -1.50. The van der Waals surface area contributed by atoms with Crippen LogP contribution in [-0.2, 0) is 19.6 Å². The molecule has 2 heterocycles. The number of carboxylic acid groups (broad SMARTS) is 1. The predicted molar refractivity (Wildman–Crippen MR) is 75.2 cm³/mol. The minimum Gasteiger partial charge on any atom is -0.481 e. The van der Waals surface area contributed by atoms with E-state index in [0.29, 0.717) is 45.7 Å². The van der Waals surface area contributed by atoms with Crippen molar-refractivity contribution in [1.82, 2.24) is 14.1 Å². The summed E-state index contributed by atoms with van der Waals surface area (Å²) >= 11 is 0. The molecular weight excluding hydrogens is 298 g/mol. The van der Waals surface area contributed by atoms with Gasteiger partial charge in [-0.05, 0) is 13.0 Å². The first-order chi connectivity index (χ1) is 9.77. The number of piperazine rings is 1. The molecule has 1 amide bonds. The van der Waals surface area contributed by atoms with E-state index in [0.717, 1.165) is 0 Å². The van der Waals surface area contributed by atoms with Crippen LogP contribution in [0.2, 0.25) is 0 Å². The van der Waals surface area contributed by atoms with Crippen molar-refractivity contribution in [2.45, 2.75) is 6.42 Å². The van der Waals surface area contributed by atoms with Crippen LogP contribution in [-0.4, -0.2) is 91.6 Å². The smallest absolute Gasteiger partial charge is 0.307 e. The highest BCUT2D eigenvalue weighted by Crippen LogP contribution is 2.16. The summed E-state index contributed by atoms with van der Waals surface area (Å²) in [4.78, 5) is 26.5. The highest BCUT2D eigenvalue weighted by atomic mass is 32.2. The lowest BCUT2D eigenvalue weighted by atomic mass is 10.1. The van der Waals surface area contributed by atoms with E-state index in [1.165, 1.54) is 10.6 Å². The molecule has 2 rings (SSSR count). The molecule has 2 aliphatic heterocycles. The number of carbonyl (C=O) groups is 2. The van der Waals surface area contributed by atoms with Gasteiger partial charge in [-0.3, -0.25) is 14.5 Å². The second-order valence-electron chi connectivity index (χ2n) is 5.60. The third-order valence-corrected chi connectivity index (χ3v) is 5.34. The molecular formula is C12H21N3O5S. The molecule has 1 unspecified atom stereocenters. The van der Waals surface area contributed by atoms with Crippen molar-refractivity contribution in [3.05, 3.63) is 0 Å². The van der Waals surface area contributed by atoms with Gasteiger partial charge in [-0.15, -0.1) is 0 Å². The molecule has 0 aromatic heterocycles. The Balaban J connectivity index is 1.79. The number of sulfonamides is 1. The van der Waals surface area contributed by atoms with Gasteiger partial charge in [-0.25, -0.2) is 8.42 Å². The van der Waals surface area contributed by atoms with Crippen LogP contribution in [0.4, 0.5) is 0 Å². The highest BCUT2D eigenvalue weighted by molar-refractivity contribution is 7.88. The van der Waals surface area contributed by atoms with Gasteiger partial charge in [0.2, 0.25) is 15.9 Å². The van der Waals surface area contributed by atoms with Gasteiger partial charge in [0.15, 0.2) is 0 Å². The molecule has 0 aliphatic carbocycles. The Morgan fingerprint density at radius 2 is 1.76 bits per heavy atom. The lowest BCUT2D eigenvalue weighted by Crippen LogP contribution is -2.52. The van der Waals surface area contributed by atoms with Crippen LogP contribution < -0.4 is 0 Å². The quantitative estimate of drug-likeness (QED) is 0.677. The number of carbonyl (C=O) groups excluding carboxylic acids is 1. The molecule has 0 aromatic carbocycles. The van der Waals surface area contributed by atoms with E-state index in [1.807, 2.05) is 4.90 Å². The average Bonchev–Trinajstić information content (AvgIpc) is 2.86. The molecule has 1 N–H and O–H groups in total. The van der Waals surface area contributed by atoms with Crippen LogP contribution in [0.25, 0.3) is 0 Å². The normalized spacial score (nSPS) is 25.2. The van der Waals surface area contributed by atoms with E-state index in [1.54, 1.807) is 4.90 Å². The van der Waals surface area contributed by atoms with Gasteiger partial charge < -0.3 is 10.0 Å². The molecule has 0 radical (unpaired) electrons. The molecule has 2 fully saturated rings. The van der Waals surface area contributed by atoms with E-state index in [4.69, 9.17) is 5.11 Å². The fraction of sp³-hybridized carbons (Fsp3) is 0.833. The second-order valence-corrected chi connectivity index (χ2v) is 7.58. The fourth-order valence-electron chi connectivity index (χ4n) is 2.74. The van der Waals surface area contributed by atoms with Crippen molar-refractivity contribution in [3.63, 3.8) is 0 Å². The summed E-state index contributed by atoms with van der Waals surface area (Å²) in [6.07, 6.45) is 1.74. The zero-order valence-corrected chi connectivity index (χ0v) is 12.9. The summed E-state index contributed by atoms with van der Waals surface area (Å²) in [5.74, 6) is -1.26. The molecule has 21 heavy (non-hydrogen) atoms. The molecule has 9 heteroatoms. The topological polar surface area (TPSA) is 98.2 Å². The van der Waals surface area contributed by atoms with Gasteiger partial charge in [0.25, 0.3) is 0 Å². The van der Waals surface area contributed by atoms with Gasteiger partial charge >= 0.3 is 5.97 Å². The van der Waals surface area contributed by atoms with Crippen molar-refractivity contribution in [2.24, 2.45) is 5.92 Å². The zero-order valence-electron chi connectivity index (χ0n) is 12.1. The summed E-state index contributed by atoms with van der Waals surface area (Å²) < 4.78 is 24.2. The van der Waals surface area contributed by atoms with E-state index in [2.05, 4.69) is 0 Å². The third kappa shape index (κ3) is 4.14. The highest BCUT2D eigenvalue weighted by Gasteiger charge is 2.31. The monoisotopic (exact) mass is 319 g/mol. The van der Waals surface area contributed by atoms with Crippen LogP contribution in [0, 0.1) is 5.92 Å². The summed E-state index contributed by atoms with van der Waals surface area (Å²) in [7, 11) is -3.19. The summed E-state index contributed by atoms with van der Waals surface area (Å²) in [5.41, 5.74) is 0. The van der Waals surface area contributed by atoms with Crippen molar-refractivity contribution < 1.29 is 23.1 Å². The Morgan fingerprint density at radius 1 is 1.14 bits per heavy atom. The number of carboxylic acids is 1. The third-order valence-electron chi connectivity index (χ3n) is 4.04. The minimum atomic E-state index is -3.19. The number of nitrogens with zero attached hydrogens (tertiary/aromatic N) is 3. The van der Waals surface area contributed by atoms with E-state index in [9.17, 15) is 18.0 Å². The van der Waals surface area contributed by atoms with Crippen LogP contribution in [0.3, 0.4) is 0 Å². The SMILES string of the molecule is CS(=O)(=O)N1CCN(C(=O)CN2CCC(C(=O)O)C2)CC1. The Morgan fingerprint density at radius 3 is 2.24 bits per heavy atom. The Labute approximate surface area is 124 Å². The molecule has 0 aromatic rings. The molecule has 1 atom stereocenters. The van der Waals surface area contributed by atoms with Crippen molar-refractivity contribution >= 4 is 21.9 Å². The fourth-order valence-corrected chi connectivity index (χ4v) is 3.56. The van der Waals surface area contributed by atoms with Gasteiger partial charge in [-0.1, -0.05) is 0 Å². The molecule has 8 nitrogen and oxygen atoms in total. The van der Waals surface area contributed by atoms with Crippen molar-refractivity contribution in [1.29, 1.82) is 0 Å². The maximum atomic E-state index is 12.2. The molecule has 2 aliphatic rings. The summed E-state index contributed by atoms with van der Waals surface area (Å²) in [6, 6.07) is 0. The number of amides is 1. The maximum absolute atomic E-state index is 12.2. The maximum Gasteiger partial charge on any atom is 0.307 e. The van der Waals surface area contributed by atoms with Gasteiger partial charge in [0.1, 0.15) is 0 Å². The zero-order chi connectivity index (χ0) is 15.6. The number of rotatable bonds is 4. The number of likely N-dealkylation sites (tertiary alicyclic amines) is 1. The molecule has 0 bridgehead atoms. The van der Waals surface area contributed by atoms with Crippen molar-refractivity contribution in [3.8, 4) is 0 Å². The Bertz CT molecular complexity index is 513. The molecule has 2 saturated heterocycles.